The lowest BCUT2D eigenvalue weighted by Gasteiger charge is -2.10. The molecule has 0 bridgehead atoms. The van der Waals surface area contributed by atoms with Crippen molar-refractivity contribution >= 4 is 43.2 Å². The van der Waals surface area contributed by atoms with Crippen LogP contribution in [0.15, 0.2) is 44.1 Å². The third-order valence-electron chi connectivity index (χ3n) is 3.73. The number of hydrogen-bond acceptors (Lipinski definition) is 5. The molecule has 3 aromatic rings. The van der Waals surface area contributed by atoms with E-state index in [0.717, 1.165) is 4.57 Å². The standard InChI is InChI=1S/C15H14ClN3O4S2/c1-9-10(16)3-2-4-12(9)25(22,23)17-6-7-19-14(20)13-11(5-8-24-13)18-15(19)21/h2-5,8,17H,6-7H2,1H3,(H,18,21). The van der Waals surface area contributed by atoms with Crippen LogP contribution in [0, 0.1) is 6.92 Å². The van der Waals surface area contributed by atoms with Crippen LogP contribution in [-0.2, 0) is 16.6 Å². The zero-order valence-corrected chi connectivity index (χ0v) is 15.5. The average Bonchev–Trinajstić information content (AvgIpc) is 3.01. The summed E-state index contributed by atoms with van der Waals surface area (Å²) in [4.78, 5) is 27.0. The van der Waals surface area contributed by atoms with Crippen LogP contribution in [-0.4, -0.2) is 24.5 Å². The van der Waals surface area contributed by atoms with Gasteiger partial charge in [-0.2, -0.15) is 0 Å². The Kier molecular flexibility index (Phi) is 4.83. The Hall–Kier alpha value is -1.94. The van der Waals surface area contributed by atoms with Gasteiger partial charge in [-0.15, -0.1) is 11.3 Å². The van der Waals surface area contributed by atoms with Crippen LogP contribution < -0.4 is 16.0 Å². The van der Waals surface area contributed by atoms with E-state index in [1.807, 2.05) is 0 Å². The number of aromatic amines is 1. The van der Waals surface area contributed by atoms with Crippen LogP contribution in [0.3, 0.4) is 0 Å². The number of thiophene rings is 1. The number of hydrogen-bond donors (Lipinski definition) is 2. The van der Waals surface area contributed by atoms with Gasteiger partial charge in [0.15, 0.2) is 0 Å². The quantitative estimate of drug-likeness (QED) is 0.681. The van der Waals surface area contributed by atoms with E-state index in [0.29, 0.717) is 20.8 Å². The Bertz CT molecular complexity index is 1160. The third kappa shape index (κ3) is 3.40. The highest BCUT2D eigenvalue weighted by Crippen LogP contribution is 2.22. The van der Waals surface area contributed by atoms with Crippen LogP contribution in [0.25, 0.3) is 10.2 Å². The molecule has 0 saturated carbocycles. The molecule has 1 aromatic carbocycles. The van der Waals surface area contributed by atoms with Gasteiger partial charge in [0.05, 0.1) is 10.4 Å². The second-order valence-corrected chi connectivity index (χ2v) is 8.37. The van der Waals surface area contributed by atoms with Gasteiger partial charge < -0.3 is 4.98 Å². The molecule has 0 fully saturated rings. The van der Waals surface area contributed by atoms with Crippen molar-refractivity contribution in [3.63, 3.8) is 0 Å². The molecule has 2 heterocycles. The van der Waals surface area contributed by atoms with Crippen LogP contribution in [0.2, 0.25) is 5.02 Å². The minimum absolute atomic E-state index is 0.0648. The van der Waals surface area contributed by atoms with Crippen molar-refractivity contribution in [3.05, 3.63) is 61.1 Å². The van der Waals surface area contributed by atoms with E-state index in [1.54, 1.807) is 30.5 Å². The van der Waals surface area contributed by atoms with Gasteiger partial charge in [-0.25, -0.2) is 17.9 Å². The predicted molar refractivity (Wildman–Crippen MR) is 98.1 cm³/mol. The van der Waals surface area contributed by atoms with Gasteiger partial charge in [-0.05, 0) is 36.1 Å². The van der Waals surface area contributed by atoms with Crippen LogP contribution >= 0.6 is 22.9 Å². The topological polar surface area (TPSA) is 101 Å². The molecule has 0 aliphatic heterocycles. The molecule has 7 nitrogen and oxygen atoms in total. The van der Waals surface area contributed by atoms with Crippen molar-refractivity contribution in [2.75, 3.05) is 6.54 Å². The fourth-order valence-corrected chi connectivity index (χ4v) is 4.74. The third-order valence-corrected chi connectivity index (χ3v) is 6.64. The Morgan fingerprint density at radius 1 is 1.28 bits per heavy atom. The van der Waals surface area contributed by atoms with E-state index < -0.39 is 21.3 Å². The van der Waals surface area contributed by atoms with E-state index in [2.05, 4.69) is 9.71 Å². The number of benzene rings is 1. The normalized spacial score (nSPS) is 11.9. The second-order valence-electron chi connectivity index (χ2n) is 5.31. The maximum absolute atomic E-state index is 12.4. The van der Waals surface area contributed by atoms with Crippen molar-refractivity contribution in [1.82, 2.24) is 14.3 Å². The molecule has 3 rings (SSSR count). The van der Waals surface area contributed by atoms with Gasteiger partial charge in [0.2, 0.25) is 10.0 Å². The van der Waals surface area contributed by atoms with Crippen molar-refractivity contribution < 1.29 is 8.42 Å². The largest absolute Gasteiger partial charge is 0.328 e. The molecule has 0 radical (unpaired) electrons. The molecule has 2 N–H and O–H groups in total. The smallest absolute Gasteiger partial charge is 0.306 e. The van der Waals surface area contributed by atoms with Gasteiger partial charge >= 0.3 is 5.69 Å². The highest BCUT2D eigenvalue weighted by atomic mass is 35.5. The van der Waals surface area contributed by atoms with E-state index in [1.165, 1.54) is 17.4 Å². The molecule has 2 aromatic heterocycles. The summed E-state index contributed by atoms with van der Waals surface area (Å²) in [6.45, 7) is 1.42. The lowest BCUT2D eigenvalue weighted by atomic mass is 10.2. The highest BCUT2D eigenvalue weighted by molar-refractivity contribution is 7.89. The molecule has 0 aliphatic rings. The summed E-state index contributed by atoms with van der Waals surface area (Å²) in [5.41, 5.74) is -0.0982. The Balaban J connectivity index is 1.82. The van der Waals surface area contributed by atoms with Gasteiger partial charge in [0, 0.05) is 18.1 Å². The maximum atomic E-state index is 12.4. The molecule has 0 amide bonds. The molecule has 0 atom stereocenters. The Labute approximate surface area is 151 Å². The van der Waals surface area contributed by atoms with E-state index in [-0.39, 0.29) is 18.0 Å². The zero-order chi connectivity index (χ0) is 18.2. The zero-order valence-electron chi connectivity index (χ0n) is 13.1. The molecule has 0 saturated heterocycles. The van der Waals surface area contributed by atoms with Crippen molar-refractivity contribution in [2.45, 2.75) is 18.4 Å². The van der Waals surface area contributed by atoms with E-state index in [4.69, 9.17) is 11.6 Å². The van der Waals surface area contributed by atoms with Gasteiger partial charge in [0.1, 0.15) is 4.70 Å². The number of H-pyrrole nitrogens is 1. The first-order chi connectivity index (χ1) is 11.8. The molecule has 25 heavy (non-hydrogen) atoms. The summed E-state index contributed by atoms with van der Waals surface area (Å²) in [6.07, 6.45) is 0. The summed E-state index contributed by atoms with van der Waals surface area (Å²) in [5.74, 6) is 0. The number of fused-ring (bicyclic) bond motifs is 1. The highest BCUT2D eigenvalue weighted by Gasteiger charge is 2.18. The fraction of sp³-hybridized carbons (Fsp3) is 0.200. The van der Waals surface area contributed by atoms with Gasteiger partial charge in [-0.1, -0.05) is 17.7 Å². The van der Waals surface area contributed by atoms with Crippen LogP contribution in [0.1, 0.15) is 5.56 Å². The number of nitrogens with one attached hydrogen (secondary N) is 2. The summed E-state index contributed by atoms with van der Waals surface area (Å²) >= 11 is 7.17. The lowest BCUT2D eigenvalue weighted by Crippen LogP contribution is -2.38. The minimum atomic E-state index is -3.80. The monoisotopic (exact) mass is 399 g/mol. The predicted octanol–water partition coefficient (Wildman–Crippen LogP) is 1.69. The minimum Gasteiger partial charge on any atom is -0.306 e. The molecule has 10 heteroatoms. The van der Waals surface area contributed by atoms with Crippen LogP contribution in [0.5, 0.6) is 0 Å². The molecule has 0 aliphatic carbocycles. The van der Waals surface area contributed by atoms with Crippen LogP contribution in [0.4, 0.5) is 0 Å². The van der Waals surface area contributed by atoms with Crippen molar-refractivity contribution in [2.24, 2.45) is 0 Å². The molecular formula is C15H14ClN3O4S2. The Morgan fingerprint density at radius 2 is 2.04 bits per heavy atom. The summed E-state index contributed by atoms with van der Waals surface area (Å²) in [7, 11) is -3.80. The summed E-state index contributed by atoms with van der Waals surface area (Å²) in [6, 6.07) is 6.24. The molecule has 0 spiro atoms. The Morgan fingerprint density at radius 3 is 2.80 bits per heavy atom. The van der Waals surface area contributed by atoms with E-state index >= 15 is 0 Å². The maximum Gasteiger partial charge on any atom is 0.328 e. The number of nitrogens with zero attached hydrogens (tertiary/aromatic N) is 1. The number of halogens is 1. The first-order valence-electron chi connectivity index (χ1n) is 7.26. The first kappa shape index (κ1) is 17.9. The SMILES string of the molecule is Cc1c(Cl)cccc1S(=O)(=O)NCCn1c(=O)[nH]c2ccsc2c1=O. The average molecular weight is 400 g/mol. The summed E-state index contributed by atoms with van der Waals surface area (Å²) in [5, 5.41) is 2.05. The first-order valence-corrected chi connectivity index (χ1v) is 10.0. The van der Waals surface area contributed by atoms with Crippen molar-refractivity contribution in [1.29, 1.82) is 0 Å². The van der Waals surface area contributed by atoms with E-state index in [9.17, 15) is 18.0 Å². The summed E-state index contributed by atoms with van der Waals surface area (Å²) < 4.78 is 28.6. The molecule has 0 unspecified atom stereocenters. The van der Waals surface area contributed by atoms with Gasteiger partial charge in [0.25, 0.3) is 5.56 Å². The van der Waals surface area contributed by atoms with Gasteiger partial charge in [-0.3, -0.25) is 9.36 Å². The molecule has 132 valence electrons. The lowest BCUT2D eigenvalue weighted by molar-refractivity contribution is 0.565. The number of aromatic nitrogens is 2. The number of sulfonamides is 1. The second kappa shape index (κ2) is 6.75. The van der Waals surface area contributed by atoms with Crippen molar-refractivity contribution in [3.8, 4) is 0 Å². The fourth-order valence-electron chi connectivity index (χ4n) is 2.42. The molecular weight excluding hydrogens is 386 g/mol. The number of rotatable bonds is 5.